The standard InChI is InChI=1S/C21H9F12N3O2S/c22-18(23,24)11-3-1-2-9(4-11)15(37)35-36(17-34-14(8-39-17)21(31,32)33)16(38)10-5-12(19(25,26)27)7-13(6-10)20(28,29)30/h1-8H,(H,35,37). The van der Waals surface area contributed by atoms with Crippen LogP contribution in [-0.4, -0.2) is 16.8 Å². The smallest absolute Gasteiger partial charge is 0.267 e. The minimum atomic E-state index is -5.41. The van der Waals surface area contributed by atoms with E-state index in [1.165, 1.54) is 0 Å². The Labute approximate surface area is 212 Å². The number of rotatable bonds is 3. The maximum absolute atomic E-state index is 13.2. The van der Waals surface area contributed by atoms with Crippen molar-refractivity contribution in [3.05, 3.63) is 81.4 Å². The van der Waals surface area contributed by atoms with Crippen molar-refractivity contribution in [1.82, 2.24) is 10.4 Å². The zero-order valence-corrected chi connectivity index (χ0v) is 19.1. The van der Waals surface area contributed by atoms with Crippen molar-refractivity contribution in [1.29, 1.82) is 0 Å². The minimum Gasteiger partial charge on any atom is -0.267 e. The quantitative estimate of drug-likeness (QED) is 0.257. The van der Waals surface area contributed by atoms with Gasteiger partial charge in [0, 0.05) is 16.5 Å². The van der Waals surface area contributed by atoms with E-state index < -0.39 is 75.2 Å². The lowest BCUT2D eigenvalue weighted by Crippen LogP contribution is -2.46. The van der Waals surface area contributed by atoms with E-state index in [0.29, 0.717) is 11.4 Å². The van der Waals surface area contributed by atoms with Crippen molar-refractivity contribution in [2.75, 3.05) is 5.01 Å². The van der Waals surface area contributed by atoms with Crippen LogP contribution in [0.1, 0.15) is 43.1 Å². The number of anilines is 1. The van der Waals surface area contributed by atoms with Crippen molar-refractivity contribution in [3.8, 4) is 0 Å². The average Bonchev–Trinajstić information content (AvgIpc) is 3.31. The van der Waals surface area contributed by atoms with Crippen LogP contribution in [0.25, 0.3) is 0 Å². The summed E-state index contributed by atoms with van der Waals surface area (Å²) in [6.45, 7) is 0. The number of alkyl halides is 12. The van der Waals surface area contributed by atoms with Gasteiger partial charge in [-0.05, 0) is 36.4 Å². The summed E-state index contributed by atoms with van der Waals surface area (Å²) in [7, 11) is 0. The third-order valence-corrected chi connectivity index (χ3v) is 5.50. The normalized spacial score (nSPS) is 12.8. The molecule has 0 bridgehead atoms. The molecule has 0 atom stereocenters. The van der Waals surface area contributed by atoms with Crippen LogP contribution in [0.4, 0.5) is 57.8 Å². The highest BCUT2D eigenvalue weighted by Gasteiger charge is 2.39. The molecular weight excluding hydrogens is 586 g/mol. The number of carbonyl (C=O) groups excluding carboxylic acids is 2. The van der Waals surface area contributed by atoms with Crippen molar-refractivity contribution in [2.45, 2.75) is 24.7 Å². The fourth-order valence-corrected chi connectivity index (χ4v) is 3.68. The molecule has 0 radical (unpaired) electrons. The van der Waals surface area contributed by atoms with Gasteiger partial charge in [0.25, 0.3) is 11.8 Å². The Morgan fingerprint density at radius 2 is 1.21 bits per heavy atom. The summed E-state index contributed by atoms with van der Waals surface area (Å²) < 4.78 is 158. The van der Waals surface area contributed by atoms with Crippen LogP contribution in [0.5, 0.6) is 0 Å². The highest BCUT2D eigenvalue weighted by molar-refractivity contribution is 7.14. The third-order valence-electron chi connectivity index (χ3n) is 4.68. The van der Waals surface area contributed by atoms with Gasteiger partial charge in [-0.15, -0.1) is 11.3 Å². The highest BCUT2D eigenvalue weighted by Crippen LogP contribution is 2.38. The molecule has 0 spiro atoms. The third kappa shape index (κ3) is 6.98. The molecule has 2 aromatic carbocycles. The van der Waals surface area contributed by atoms with Crippen molar-refractivity contribution in [3.63, 3.8) is 0 Å². The van der Waals surface area contributed by atoms with Gasteiger partial charge in [0.15, 0.2) is 5.69 Å². The molecule has 1 N–H and O–H groups in total. The Kier molecular flexibility index (Phi) is 7.66. The van der Waals surface area contributed by atoms with E-state index in [1.807, 2.05) is 0 Å². The number of thiazole rings is 1. The average molecular weight is 595 g/mol. The number of carbonyl (C=O) groups is 2. The van der Waals surface area contributed by atoms with Crippen LogP contribution in [-0.2, 0) is 24.7 Å². The van der Waals surface area contributed by atoms with Crippen LogP contribution in [0.3, 0.4) is 0 Å². The minimum absolute atomic E-state index is 0.00641. The Hall–Kier alpha value is -3.83. The summed E-state index contributed by atoms with van der Waals surface area (Å²) >= 11 is 0.00641. The molecule has 0 saturated heterocycles. The fourth-order valence-electron chi connectivity index (χ4n) is 2.89. The molecule has 0 aliphatic heterocycles. The summed E-state index contributed by atoms with van der Waals surface area (Å²) in [4.78, 5) is 28.7. The van der Waals surface area contributed by atoms with Gasteiger partial charge in [0.1, 0.15) is 0 Å². The molecule has 3 rings (SSSR count). The lowest BCUT2D eigenvalue weighted by Gasteiger charge is -2.22. The van der Waals surface area contributed by atoms with E-state index >= 15 is 0 Å². The van der Waals surface area contributed by atoms with E-state index in [9.17, 15) is 62.3 Å². The first-order valence-electron chi connectivity index (χ1n) is 9.83. The second-order valence-corrected chi connectivity index (χ2v) is 8.30. The second kappa shape index (κ2) is 10.0. The zero-order valence-electron chi connectivity index (χ0n) is 18.3. The first-order valence-corrected chi connectivity index (χ1v) is 10.7. The summed E-state index contributed by atoms with van der Waals surface area (Å²) in [5, 5.41) is -0.948. The van der Waals surface area contributed by atoms with Gasteiger partial charge < -0.3 is 0 Å². The number of aromatic nitrogens is 1. The van der Waals surface area contributed by atoms with Crippen LogP contribution >= 0.6 is 11.3 Å². The van der Waals surface area contributed by atoms with Crippen LogP contribution in [0.15, 0.2) is 47.8 Å². The lowest BCUT2D eigenvalue weighted by molar-refractivity contribution is -0.143. The van der Waals surface area contributed by atoms with Gasteiger partial charge in [-0.1, -0.05) is 6.07 Å². The van der Waals surface area contributed by atoms with Crippen LogP contribution in [0, 0.1) is 0 Å². The number of nitrogens with zero attached hydrogens (tertiary/aromatic N) is 2. The summed E-state index contributed by atoms with van der Waals surface area (Å²) in [6, 6.07) is 1.95. The molecule has 0 aliphatic carbocycles. The summed E-state index contributed by atoms with van der Waals surface area (Å²) in [5.41, 5.74) is -7.50. The molecule has 2 amide bonds. The van der Waals surface area contributed by atoms with Crippen molar-refractivity contribution >= 4 is 28.3 Å². The second-order valence-electron chi connectivity index (χ2n) is 7.47. The van der Waals surface area contributed by atoms with E-state index in [4.69, 9.17) is 0 Å². The van der Waals surface area contributed by atoms with Gasteiger partial charge >= 0.3 is 24.7 Å². The molecule has 0 fully saturated rings. The topological polar surface area (TPSA) is 62.3 Å². The van der Waals surface area contributed by atoms with Crippen molar-refractivity contribution < 1.29 is 62.3 Å². The largest absolute Gasteiger partial charge is 0.434 e. The highest BCUT2D eigenvalue weighted by atomic mass is 32.1. The molecule has 0 saturated carbocycles. The Bertz CT molecular complexity index is 1360. The number of nitrogens with one attached hydrogen (secondary N) is 1. The maximum Gasteiger partial charge on any atom is 0.434 e. The Balaban J connectivity index is 2.13. The van der Waals surface area contributed by atoms with E-state index in [1.54, 1.807) is 5.43 Å². The number of hydrogen-bond donors (Lipinski definition) is 1. The monoisotopic (exact) mass is 595 g/mol. The van der Waals surface area contributed by atoms with E-state index in [-0.39, 0.29) is 40.6 Å². The number of halogens is 12. The lowest BCUT2D eigenvalue weighted by atomic mass is 10.0. The number of hydrazine groups is 1. The van der Waals surface area contributed by atoms with Gasteiger partial charge in [0.2, 0.25) is 5.13 Å². The molecule has 0 aliphatic rings. The van der Waals surface area contributed by atoms with E-state index in [0.717, 1.165) is 12.1 Å². The number of hydrogen-bond acceptors (Lipinski definition) is 4. The van der Waals surface area contributed by atoms with Gasteiger partial charge in [-0.2, -0.15) is 57.7 Å². The van der Waals surface area contributed by atoms with Gasteiger partial charge in [-0.25, -0.2) is 4.98 Å². The molecule has 18 heteroatoms. The van der Waals surface area contributed by atoms with Crippen molar-refractivity contribution in [2.24, 2.45) is 0 Å². The predicted molar refractivity (Wildman–Crippen MR) is 109 cm³/mol. The predicted octanol–water partition coefficient (Wildman–Crippen LogP) is 7.21. The Morgan fingerprint density at radius 1 is 0.692 bits per heavy atom. The molecular formula is C21H9F12N3O2S. The summed E-state index contributed by atoms with van der Waals surface area (Å²) in [6.07, 6.45) is -20.9. The van der Waals surface area contributed by atoms with Crippen LogP contribution < -0.4 is 10.4 Å². The fraction of sp³-hybridized carbons (Fsp3) is 0.190. The molecule has 5 nitrogen and oxygen atoms in total. The molecule has 3 aromatic rings. The molecule has 0 unspecified atom stereocenters. The molecule has 39 heavy (non-hydrogen) atoms. The number of benzene rings is 2. The summed E-state index contributed by atoms with van der Waals surface area (Å²) in [5.74, 6) is -3.49. The Morgan fingerprint density at radius 3 is 1.67 bits per heavy atom. The first-order chi connectivity index (χ1) is 17.7. The first kappa shape index (κ1) is 29.7. The zero-order chi connectivity index (χ0) is 29.6. The van der Waals surface area contributed by atoms with Gasteiger partial charge in [0.05, 0.1) is 16.7 Å². The molecule has 210 valence electrons. The van der Waals surface area contributed by atoms with E-state index in [2.05, 4.69) is 4.98 Å². The maximum atomic E-state index is 13.2. The molecule has 1 heterocycles. The molecule has 1 aromatic heterocycles. The SMILES string of the molecule is O=C(NN(C(=O)c1cc(C(F)(F)F)cc(C(F)(F)F)c1)c1nc(C(F)(F)F)cs1)c1cccc(C(F)(F)F)c1. The number of amides is 2. The van der Waals surface area contributed by atoms with Crippen LogP contribution in [0.2, 0.25) is 0 Å². The van der Waals surface area contributed by atoms with Gasteiger partial charge in [-0.3, -0.25) is 15.0 Å².